The zero-order chi connectivity index (χ0) is 11.5. The molecule has 0 saturated heterocycles. The van der Waals surface area contributed by atoms with Gasteiger partial charge in [-0.2, -0.15) is 18.3 Å². The van der Waals surface area contributed by atoms with E-state index in [0.717, 1.165) is 0 Å². The molecule has 0 aliphatic carbocycles. The number of hydrogen-bond acceptors (Lipinski definition) is 3. The first-order valence-electron chi connectivity index (χ1n) is 4.04. The van der Waals surface area contributed by atoms with Crippen molar-refractivity contribution in [1.29, 1.82) is 0 Å². The van der Waals surface area contributed by atoms with Crippen molar-refractivity contribution in [2.45, 2.75) is 12.6 Å². The number of hydrogen-bond donors (Lipinski definition) is 3. The van der Waals surface area contributed by atoms with Crippen molar-refractivity contribution in [2.75, 3.05) is 12.3 Å². The summed E-state index contributed by atoms with van der Waals surface area (Å²) in [6.45, 7) is -0.471. The lowest BCUT2D eigenvalue weighted by Crippen LogP contribution is -2.28. The highest BCUT2D eigenvalue weighted by Crippen LogP contribution is 2.18. The van der Waals surface area contributed by atoms with Crippen molar-refractivity contribution in [3.05, 3.63) is 11.8 Å². The molecule has 0 aliphatic heterocycles. The van der Waals surface area contributed by atoms with Crippen LogP contribution in [0.3, 0.4) is 0 Å². The molecule has 5 nitrogen and oxygen atoms in total. The molecule has 0 radical (unpaired) electrons. The summed E-state index contributed by atoms with van der Waals surface area (Å²) in [5.74, 6) is -0.556. The highest BCUT2D eigenvalue weighted by atomic mass is 19.4. The number of aromatic nitrogens is 2. The highest BCUT2D eigenvalue weighted by Gasteiger charge is 2.26. The van der Waals surface area contributed by atoms with Crippen molar-refractivity contribution in [3.63, 3.8) is 0 Å². The summed E-state index contributed by atoms with van der Waals surface area (Å²) in [7, 11) is 0. The van der Waals surface area contributed by atoms with E-state index < -0.39 is 25.0 Å². The number of H-pyrrole nitrogens is 1. The van der Waals surface area contributed by atoms with Crippen molar-refractivity contribution in [2.24, 2.45) is 0 Å². The Kier molecular flexibility index (Phi) is 3.17. The van der Waals surface area contributed by atoms with Crippen LogP contribution < -0.4 is 11.1 Å². The van der Waals surface area contributed by atoms with Crippen molar-refractivity contribution in [1.82, 2.24) is 15.5 Å². The maximum atomic E-state index is 11.7. The minimum absolute atomic E-state index is 0.0367. The molecule has 1 aromatic heterocycles. The molecule has 0 spiro atoms. The van der Waals surface area contributed by atoms with Crippen molar-refractivity contribution >= 4 is 11.7 Å². The first kappa shape index (κ1) is 11.3. The van der Waals surface area contributed by atoms with E-state index in [9.17, 15) is 18.0 Å². The van der Waals surface area contributed by atoms with Gasteiger partial charge in [0.15, 0.2) is 0 Å². The smallest absolute Gasteiger partial charge is 0.382 e. The monoisotopic (exact) mass is 222 g/mol. The van der Waals surface area contributed by atoms with Crippen LogP contribution in [0.5, 0.6) is 0 Å². The molecule has 0 aliphatic rings. The molecule has 1 amide bonds. The van der Waals surface area contributed by atoms with Gasteiger partial charge in [0, 0.05) is 12.6 Å². The Morgan fingerprint density at radius 1 is 1.60 bits per heavy atom. The van der Waals surface area contributed by atoms with E-state index >= 15 is 0 Å². The molecule has 0 saturated carbocycles. The number of alkyl halides is 3. The summed E-state index contributed by atoms with van der Waals surface area (Å²) < 4.78 is 35.2. The van der Waals surface area contributed by atoms with E-state index in [1.807, 2.05) is 0 Å². The van der Waals surface area contributed by atoms with Gasteiger partial charge in [-0.3, -0.25) is 9.89 Å². The molecule has 0 bridgehead atoms. The fourth-order valence-electron chi connectivity index (χ4n) is 0.867. The molecule has 0 atom stereocenters. The topological polar surface area (TPSA) is 83.8 Å². The number of nitrogens with one attached hydrogen (secondary N) is 2. The summed E-state index contributed by atoms with van der Waals surface area (Å²) >= 11 is 0. The molecule has 15 heavy (non-hydrogen) atoms. The molecule has 0 aromatic carbocycles. The number of carbonyl (C=O) groups is 1. The number of rotatable bonds is 3. The van der Waals surface area contributed by atoms with Gasteiger partial charge in [0.05, 0.1) is 6.42 Å². The second-order valence-corrected chi connectivity index (χ2v) is 2.83. The number of anilines is 1. The predicted molar refractivity (Wildman–Crippen MR) is 46.0 cm³/mol. The van der Waals surface area contributed by atoms with Crippen LogP contribution in [0.4, 0.5) is 19.0 Å². The molecule has 0 fully saturated rings. The Bertz CT molecular complexity index is 346. The number of carbonyl (C=O) groups excluding carboxylic acids is 1. The average Bonchev–Trinajstić information content (AvgIpc) is 2.49. The van der Waals surface area contributed by atoms with Crippen LogP contribution in [0.1, 0.15) is 16.9 Å². The van der Waals surface area contributed by atoms with Crippen molar-refractivity contribution < 1.29 is 18.0 Å². The number of nitrogens with zero attached hydrogens (tertiary/aromatic N) is 1. The minimum atomic E-state index is -4.28. The van der Waals surface area contributed by atoms with Crippen LogP contribution in [-0.4, -0.2) is 28.8 Å². The van der Waals surface area contributed by atoms with Gasteiger partial charge in [-0.05, 0) is 0 Å². The molecule has 8 heteroatoms. The third-order valence-electron chi connectivity index (χ3n) is 1.54. The van der Waals surface area contributed by atoms with Gasteiger partial charge in [0.1, 0.15) is 11.5 Å². The summed E-state index contributed by atoms with van der Waals surface area (Å²) in [6.07, 6.45) is -5.34. The van der Waals surface area contributed by atoms with Crippen LogP contribution in [0.25, 0.3) is 0 Å². The van der Waals surface area contributed by atoms with Gasteiger partial charge in [-0.25, -0.2) is 0 Å². The number of nitrogen functional groups attached to an aromatic ring is 1. The van der Waals surface area contributed by atoms with E-state index in [4.69, 9.17) is 5.73 Å². The lowest BCUT2D eigenvalue weighted by Gasteiger charge is -2.06. The standard InChI is InChI=1S/C7H9F3N4O/c8-7(9,10)1-2-12-6(15)4-3-5(11)14-13-4/h3H,1-2H2,(H,12,15)(H3,11,13,14). The molecular weight excluding hydrogens is 213 g/mol. The normalized spacial score (nSPS) is 11.4. The zero-order valence-electron chi connectivity index (χ0n) is 7.56. The SMILES string of the molecule is Nc1cc(C(=O)NCCC(F)(F)F)[nH]n1. The number of amides is 1. The molecular formula is C7H9F3N4O. The third-order valence-corrected chi connectivity index (χ3v) is 1.54. The Labute approximate surface area is 82.8 Å². The lowest BCUT2D eigenvalue weighted by atomic mass is 10.3. The fourth-order valence-corrected chi connectivity index (χ4v) is 0.867. The number of nitrogens with two attached hydrogens (primary N) is 1. The zero-order valence-corrected chi connectivity index (χ0v) is 7.56. The minimum Gasteiger partial charge on any atom is -0.382 e. The number of halogens is 3. The molecule has 4 N–H and O–H groups in total. The van der Waals surface area contributed by atoms with Gasteiger partial charge in [-0.15, -0.1) is 0 Å². The van der Waals surface area contributed by atoms with Gasteiger partial charge in [-0.1, -0.05) is 0 Å². The summed E-state index contributed by atoms with van der Waals surface area (Å²) in [5, 5.41) is 7.83. The molecule has 0 unspecified atom stereocenters. The Morgan fingerprint density at radius 2 is 2.27 bits per heavy atom. The van der Waals surface area contributed by atoms with Gasteiger partial charge < -0.3 is 11.1 Å². The van der Waals surface area contributed by atoms with Gasteiger partial charge in [0.25, 0.3) is 5.91 Å². The largest absolute Gasteiger partial charge is 0.390 e. The van der Waals surface area contributed by atoms with Crippen LogP contribution in [0, 0.1) is 0 Å². The van der Waals surface area contributed by atoms with Crippen LogP contribution >= 0.6 is 0 Å². The van der Waals surface area contributed by atoms with E-state index in [0.29, 0.717) is 0 Å². The van der Waals surface area contributed by atoms with E-state index in [1.54, 1.807) is 0 Å². The Morgan fingerprint density at radius 3 is 2.73 bits per heavy atom. The number of aromatic amines is 1. The van der Waals surface area contributed by atoms with Gasteiger partial charge >= 0.3 is 6.18 Å². The Hall–Kier alpha value is -1.73. The summed E-state index contributed by atoms with van der Waals surface area (Å²) in [4.78, 5) is 11.1. The maximum absolute atomic E-state index is 11.7. The molecule has 84 valence electrons. The summed E-state index contributed by atoms with van der Waals surface area (Å²) in [5.41, 5.74) is 5.25. The van der Waals surface area contributed by atoms with E-state index in [2.05, 4.69) is 15.5 Å². The van der Waals surface area contributed by atoms with Crippen LogP contribution in [0.2, 0.25) is 0 Å². The van der Waals surface area contributed by atoms with E-state index in [1.165, 1.54) is 6.07 Å². The molecule has 1 rings (SSSR count). The lowest BCUT2D eigenvalue weighted by molar-refractivity contribution is -0.132. The van der Waals surface area contributed by atoms with Gasteiger partial charge in [0.2, 0.25) is 0 Å². The highest BCUT2D eigenvalue weighted by molar-refractivity contribution is 5.92. The average molecular weight is 222 g/mol. The quantitative estimate of drug-likeness (QED) is 0.702. The van der Waals surface area contributed by atoms with Crippen LogP contribution in [0.15, 0.2) is 6.07 Å². The second kappa shape index (κ2) is 4.20. The molecule has 1 aromatic rings. The first-order chi connectivity index (χ1) is 6.88. The molecule has 1 heterocycles. The summed E-state index contributed by atoms with van der Waals surface area (Å²) in [6, 6.07) is 1.24. The maximum Gasteiger partial charge on any atom is 0.390 e. The Balaban J connectivity index is 2.37. The fraction of sp³-hybridized carbons (Fsp3) is 0.429. The van der Waals surface area contributed by atoms with E-state index in [-0.39, 0.29) is 11.5 Å². The third kappa shape index (κ3) is 3.88. The van der Waals surface area contributed by atoms with Crippen molar-refractivity contribution in [3.8, 4) is 0 Å². The second-order valence-electron chi connectivity index (χ2n) is 2.83. The predicted octanol–water partition coefficient (Wildman–Crippen LogP) is 0.674. The first-order valence-corrected chi connectivity index (χ1v) is 4.04. The van der Waals surface area contributed by atoms with Crippen LogP contribution in [-0.2, 0) is 0 Å².